The van der Waals surface area contributed by atoms with Crippen LogP contribution in [0.4, 0.5) is 15.2 Å². The summed E-state index contributed by atoms with van der Waals surface area (Å²) in [5, 5.41) is 2.81. The molecule has 1 amide bonds. The summed E-state index contributed by atoms with van der Waals surface area (Å²) in [6.45, 7) is 1.50. The zero-order valence-corrected chi connectivity index (χ0v) is 15.9. The number of benzene rings is 2. The first kappa shape index (κ1) is 18.6. The maximum atomic E-state index is 14.1. The highest BCUT2D eigenvalue weighted by Crippen LogP contribution is 2.33. The number of carbonyl (C=O) groups excluding carboxylic acids is 1. The number of ether oxygens (including phenoxy) is 1. The lowest BCUT2D eigenvalue weighted by molar-refractivity contribution is -0.115. The number of anilines is 2. The molecule has 1 heterocycles. The second-order valence-corrected chi connectivity index (χ2v) is 6.89. The van der Waals surface area contributed by atoms with E-state index >= 15 is 0 Å². The van der Waals surface area contributed by atoms with Gasteiger partial charge >= 0.3 is 0 Å². The number of hydrogen-bond donors (Lipinski definition) is 0. The van der Waals surface area contributed by atoms with E-state index in [1.165, 1.54) is 35.3 Å². The van der Waals surface area contributed by atoms with Crippen LogP contribution in [0.25, 0.3) is 0 Å². The lowest BCUT2D eigenvalue weighted by Crippen LogP contribution is -2.23. The summed E-state index contributed by atoms with van der Waals surface area (Å²) >= 11 is 13.3. The van der Waals surface area contributed by atoms with Crippen LogP contribution in [-0.2, 0) is 11.4 Å². The van der Waals surface area contributed by atoms with E-state index in [0.29, 0.717) is 26.6 Å². The van der Waals surface area contributed by atoms with Crippen LogP contribution >= 0.6 is 34.5 Å². The number of nitrogens with zero attached hydrogens (tertiary/aromatic N) is 2. The minimum Gasteiger partial charge on any atom is -0.486 e. The summed E-state index contributed by atoms with van der Waals surface area (Å²) in [6.07, 6.45) is 0. The summed E-state index contributed by atoms with van der Waals surface area (Å²) in [5.41, 5.74) is 0.739. The Morgan fingerprint density at radius 2 is 2.00 bits per heavy atom. The monoisotopic (exact) mass is 410 g/mol. The Balaban J connectivity index is 1.81. The van der Waals surface area contributed by atoms with Gasteiger partial charge in [0.2, 0.25) is 5.91 Å². The fraction of sp³-hybridized carbons (Fsp3) is 0.111. The quantitative estimate of drug-likeness (QED) is 0.529. The molecular weight excluding hydrogens is 398 g/mol. The number of rotatable bonds is 5. The molecule has 26 heavy (non-hydrogen) atoms. The van der Waals surface area contributed by atoms with Crippen LogP contribution in [0, 0.1) is 5.82 Å². The third kappa shape index (κ3) is 3.98. The molecular formula is C18H13Cl2FN2O2S. The molecule has 0 fully saturated rings. The van der Waals surface area contributed by atoms with Gasteiger partial charge in [-0.1, -0.05) is 41.4 Å². The summed E-state index contributed by atoms with van der Waals surface area (Å²) in [5.74, 6) is -0.401. The standard InChI is InChI=1S/C18H13Cl2FN2O2S/c1-11(24)23(15-7-3-2-6-14(15)21)18-22-12(10-26-18)9-25-16-8-4-5-13(19)17(16)20/h2-8,10H,9H2,1H3. The summed E-state index contributed by atoms with van der Waals surface area (Å²) in [6, 6.07) is 11.1. The van der Waals surface area contributed by atoms with Gasteiger partial charge in [-0.05, 0) is 24.3 Å². The SMILES string of the molecule is CC(=O)N(c1nc(COc2cccc(Cl)c2Cl)cs1)c1ccccc1F. The molecule has 2 aromatic carbocycles. The van der Waals surface area contributed by atoms with Crippen LogP contribution in [0.1, 0.15) is 12.6 Å². The minimum atomic E-state index is -0.499. The van der Waals surface area contributed by atoms with Crippen molar-refractivity contribution < 1.29 is 13.9 Å². The van der Waals surface area contributed by atoms with Crippen LogP contribution in [0.5, 0.6) is 5.75 Å². The minimum absolute atomic E-state index is 0.138. The predicted octanol–water partition coefficient (Wildman–Crippen LogP) is 5.85. The Morgan fingerprint density at radius 1 is 1.23 bits per heavy atom. The lowest BCUT2D eigenvalue weighted by atomic mass is 10.3. The molecule has 0 aliphatic carbocycles. The molecule has 0 bridgehead atoms. The van der Waals surface area contributed by atoms with Crippen molar-refractivity contribution in [1.82, 2.24) is 4.98 Å². The van der Waals surface area contributed by atoms with Crippen molar-refractivity contribution in [1.29, 1.82) is 0 Å². The van der Waals surface area contributed by atoms with Crippen LogP contribution in [0.3, 0.4) is 0 Å². The number of carbonyl (C=O) groups is 1. The molecule has 0 N–H and O–H groups in total. The van der Waals surface area contributed by atoms with Gasteiger partial charge in [-0.15, -0.1) is 11.3 Å². The maximum Gasteiger partial charge on any atom is 0.230 e. The Hall–Kier alpha value is -2.15. The maximum absolute atomic E-state index is 14.1. The molecule has 0 radical (unpaired) electrons. The first-order valence-corrected chi connectivity index (χ1v) is 9.17. The first-order chi connectivity index (χ1) is 12.5. The van der Waals surface area contributed by atoms with Gasteiger partial charge < -0.3 is 4.74 Å². The zero-order chi connectivity index (χ0) is 18.7. The predicted molar refractivity (Wildman–Crippen MR) is 102 cm³/mol. The van der Waals surface area contributed by atoms with Crippen LogP contribution in [-0.4, -0.2) is 10.9 Å². The normalized spacial score (nSPS) is 10.6. The van der Waals surface area contributed by atoms with E-state index < -0.39 is 5.82 Å². The van der Waals surface area contributed by atoms with Gasteiger partial charge in [0, 0.05) is 12.3 Å². The molecule has 3 aromatic rings. The van der Waals surface area contributed by atoms with Crippen molar-refractivity contribution in [2.45, 2.75) is 13.5 Å². The molecule has 8 heteroatoms. The van der Waals surface area contributed by atoms with E-state index in [0.717, 1.165) is 0 Å². The number of aromatic nitrogens is 1. The zero-order valence-electron chi connectivity index (χ0n) is 13.6. The summed E-state index contributed by atoms with van der Waals surface area (Å²) in [4.78, 5) is 17.6. The molecule has 0 atom stereocenters. The average Bonchev–Trinajstić information content (AvgIpc) is 3.06. The van der Waals surface area contributed by atoms with Gasteiger partial charge in [0.05, 0.1) is 16.4 Å². The van der Waals surface area contributed by atoms with E-state index in [2.05, 4.69) is 4.98 Å². The van der Waals surface area contributed by atoms with E-state index in [1.807, 2.05) is 0 Å². The van der Waals surface area contributed by atoms with Gasteiger partial charge in [0.1, 0.15) is 23.2 Å². The van der Waals surface area contributed by atoms with E-state index in [9.17, 15) is 9.18 Å². The number of halogens is 3. The van der Waals surface area contributed by atoms with Gasteiger partial charge in [0.25, 0.3) is 0 Å². The van der Waals surface area contributed by atoms with Gasteiger partial charge in [-0.25, -0.2) is 9.37 Å². The topological polar surface area (TPSA) is 42.4 Å². The lowest BCUT2D eigenvalue weighted by Gasteiger charge is -2.18. The number of thiazole rings is 1. The Morgan fingerprint density at radius 3 is 2.73 bits per heavy atom. The van der Waals surface area contributed by atoms with Crippen molar-refractivity contribution in [3.8, 4) is 5.75 Å². The van der Waals surface area contributed by atoms with Crippen LogP contribution in [0.2, 0.25) is 10.0 Å². The highest BCUT2D eigenvalue weighted by Gasteiger charge is 2.21. The molecule has 3 rings (SSSR count). The largest absolute Gasteiger partial charge is 0.486 e. The highest BCUT2D eigenvalue weighted by atomic mass is 35.5. The van der Waals surface area contributed by atoms with Gasteiger partial charge in [-0.3, -0.25) is 9.69 Å². The molecule has 0 spiro atoms. The molecule has 0 saturated heterocycles. The van der Waals surface area contributed by atoms with Crippen LogP contribution in [0.15, 0.2) is 47.8 Å². The van der Waals surface area contributed by atoms with Crippen molar-refractivity contribution >= 4 is 51.3 Å². The average molecular weight is 411 g/mol. The Kier molecular flexibility index (Phi) is 5.76. The van der Waals surface area contributed by atoms with Crippen molar-refractivity contribution in [3.05, 3.63) is 69.4 Å². The van der Waals surface area contributed by atoms with Crippen molar-refractivity contribution in [2.24, 2.45) is 0 Å². The summed E-state index contributed by atoms with van der Waals surface area (Å²) < 4.78 is 19.7. The second-order valence-electron chi connectivity index (χ2n) is 5.27. The van der Waals surface area contributed by atoms with Gasteiger partial charge in [-0.2, -0.15) is 0 Å². The highest BCUT2D eigenvalue weighted by molar-refractivity contribution is 7.14. The van der Waals surface area contributed by atoms with E-state index in [4.69, 9.17) is 27.9 Å². The molecule has 4 nitrogen and oxygen atoms in total. The second kappa shape index (κ2) is 8.03. The Bertz CT molecular complexity index is 948. The first-order valence-electron chi connectivity index (χ1n) is 7.54. The number of para-hydroxylation sites is 1. The molecule has 0 unspecified atom stereocenters. The van der Waals surface area contributed by atoms with E-state index in [1.54, 1.807) is 35.7 Å². The molecule has 1 aromatic heterocycles. The fourth-order valence-corrected chi connectivity index (χ4v) is 3.46. The van der Waals surface area contributed by atoms with Crippen molar-refractivity contribution in [3.63, 3.8) is 0 Å². The third-order valence-electron chi connectivity index (χ3n) is 3.43. The Labute approximate surface area is 163 Å². The third-order valence-corrected chi connectivity index (χ3v) is 5.11. The van der Waals surface area contributed by atoms with Crippen LogP contribution < -0.4 is 9.64 Å². The van der Waals surface area contributed by atoms with Gasteiger partial charge in [0.15, 0.2) is 5.13 Å². The molecule has 0 aliphatic rings. The number of hydrogen-bond acceptors (Lipinski definition) is 4. The molecule has 134 valence electrons. The van der Waals surface area contributed by atoms with E-state index in [-0.39, 0.29) is 18.2 Å². The smallest absolute Gasteiger partial charge is 0.230 e. The molecule has 0 aliphatic heterocycles. The van der Waals surface area contributed by atoms with Crippen molar-refractivity contribution in [2.75, 3.05) is 4.90 Å². The fourth-order valence-electron chi connectivity index (χ4n) is 2.25. The number of amides is 1. The summed E-state index contributed by atoms with van der Waals surface area (Å²) in [7, 11) is 0. The molecule has 0 saturated carbocycles.